The Bertz CT molecular complexity index is 473. The number of fused-ring (bicyclic) bond motifs is 2. The maximum atomic E-state index is 12.4. The van der Waals surface area contributed by atoms with Gasteiger partial charge in [-0.2, -0.15) is 0 Å². The van der Waals surface area contributed by atoms with Gasteiger partial charge in [-0.3, -0.25) is 4.79 Å². The molecule has 1 aromatic carbocycles. The molecule has 3 nitrogen and oxygen atoms in total. The van der Waals surface area contributed by atoms with Crippen molar-refractivity contribution in [3.63, 3.8) is 0 Å². The zero-order chi connectivity index (χ0) is 14.1. The van der Waals surface area contributed by atoms with E-state index in [0.717, 1.165) is 23.9 Å². The van der Waals surface area contributed by atoms with Gasteiger partial charge >= 0.3 is 0 Å². The first kappa shape index (κ1) is 13.6. The molecule has 4 atom stereocenters. The van der Waals surface area contributed by atoms with Crippen molar-refractivity contribution in [2.24, 2.45) is 23.5 Å². The summed E-state index contributed by atoms with van der Waals surface area (Å²) in [5.74, 6) is 2.52. The fourth-order valence-corrected chi connectivity index (χ4v) is 4.08. The Hall–Kier alpha value is -1.35. The van der Waals surface area contributed by atoms with E-state index in [9.17, 15) is 4.79 Å². The summed E-state index contributed by atoms with van der Waals surface area (Å²) in [6.07, 6.45) is 5.46. The second kappa shape index (κ2) is 5.57. The van der Waals surface area contributed by atoms with Gasteiger partial charge in [-0.25, -0.2) is 0 Å². The highest BCUT2D eigenvalue weighted by Crippen LogP contribution is 2.48. The van der Waals surface area contributed by atoms with Crippen LogP contribution in [-0.4, -0.2) is 24.4 Å². The van der Waals surface area contributed by atoms with E-state index >= 15 is 0 Å². The van der Waals surface area contributed by atoms with E-state index in [1.165, 1.54) is 25.7 Å². The zero-order valence-electron chi connectivity index (χ0n) is 12.2. The number of carbonyl (C=O) groups is 1. The molecule has 4 unspecified atom stereocenters. The van der Waals surface area contributed by atoms with Crippen LogP contribution in [-0.2, 0) is 4.79 Å². The van der Waals surface area contributed by atoms with E-state index in [0.29, 0.717) is 5.92 Å². The van der Waals surface area contributed by atoms with E-state index in [-0.39, 0.29) is 5.91 Å². The lowest BCUT2D eigenvalue weighted by molar-refractivity contribution is -0.132. The standard InChI is InChI=1S/C17H24N2O/c1-19(11-15-10-12-7-8-14(15)9-12)17(20)16(18)13-5-3-2-4-6-13/h2-6,12,14-16H,7-11,18H2,1H3. The van der Waals surface area contributed by atoms with Crippen molar-refractivity contribution in [2.45, 2.75) is 31.7 Å². The van der Waals surface area contributed by atoms with Crippen molar-refractivity contribution in [1.82, 2.24) is 4.90 Å². The molecule has 1 amide bonds. The molecule has 1 aromatic rings. The summed E-state index contributed by atoms with van der Waals surface area (Å²) in [5, 5.41) is 0. The maximum Gasteiger partial charge on any atom is 0.243 e. The minimum Gasteiger partial charge on any atom is -0.344 e. The smallest absolute Gasteiger partial charge is 0.243 e. The molecule has 2 aliphatic carbocycles. The van der Waals surface area contributed by atoms with Crippen LogP contribution in [0, 0.1) is 17.8 Å². The fourth-order valence-electron chi connectivity index (χ4n) is 4.08. The largest absolute Gasteiger partial charge is 0.344 e. The second-order valence-corrected chi connectivity index (χ2v) is 6.54. The molecule has 0 spiro atoms. The van der Waals surface area contributed by atoms with Crippen LogP contribution < -0.4 is 5.73 Å². The van der Waals surface area contributed by atoms with Gasteiger partial charge in [0.15, 0.2) is 0 Å². The number of hydrogen-bond acceptors (Lipinski definition) is 2. The zero-order valence-corrected chi connectivity index (χ0v) is 12.2. The van der Waals surface area contributed by atoms with Crippen LogP contribution in [0.5, 0.6) is 0 Å². The second-order valence-electron chi connectivity index (χ2n) is 6.54. The molecule has 2 bridgehead atoms. The van der Waals surface area contributed by atoms with E-state index in [4.69, 9.17) is 5.73 Å². The normalized spacial score (nSPS) is 29.4. The summed E-state index contributed by atoms with van der Waals surface area (Å²) in [6, 6.07) is 9.12. The molecule has 2 fully saturated rings. The molecule has 3 rings (SSSR count). The highest BCUT2D eigenvalue weighted by molar-refractivity contribution is 5.82. The van der Waals surface area contributed by atoms with Gasteiger partial charge in [-0.1, -0.05) is 36.8 Å². The van der Waals surface area contributed by atoms with Gasteiger partial charge in [0.25, 0.3) is 0 Å². The topological polar surface area (TPSA) is 46.3 Å². The van der Waals surface area contributed by atoms with Gasteiger partial charge in [0.2, 0.25) is 5.91 Å². The average molecular weight is 272 g/mol. The Balaban J connectivity index is 1.59. The molecule has 0 saturated heterocycles. The van der Waals surface area contributed by atoms with Crippen LogP contribution in [0.3, 0.4) is 0 Å². The lowest BCUT2D eigenvalue weighted by atomic mass is 9.88. The molecule has 2 N–H and O–H groups in total. The van der Waals surface area contributed by atoms with E-state index < -0.39 is 6.04 Å². The fraction of sp³-hybridized carbons (Fsp3) is 0.588. The lowest BCUT2D eigenvalue weighted by Crippen LogP contribution is -2.39. The van der Waals surface area contributed by atoms with Crippen LogP contribution in [0.2, 0.25) is 0 Å². The summed E-state index contributed by atoms with van der Waals surface area (Å²) in [6.45, 7) is 0.876. The Morgan fingerprint density at radius 2 is 2.05 bits per heavy atom. The monoisotopic (exact) mass is 272 g/mol. The molecule has 0 radical (unpaired) electrons. The summed E-state index contributed by atoms with van der Waals surface area (Å²) in [5.41, 5.74) is 7.00. The number of nitrogens with zero attached hydrogens (tertiary/aromatic N) is 1. The number of carbonyl (C=O) groups excluding carboxylic acids is 1. The molecule has 0 aromatic heterocycles. The first-order chi connectivity index (χ1) is 9.65. The van der Waals surface area contributed by atoms with Crippen LogP contribution in [0.25, 0.3) is 0 Å². The van der Waals surface area contributed by atoms with Gasteiger partial charge in [0.1, 0.15) is 6.04 Å². The number of amides is 1. The van der Waals surface area contributed by atoms with Crippen molar-refractivity contribution in [2.75, 3.05) is 13.6 Å². The number of likely N-dealkylation sites (N-methyl/N-ethyl adjacent to an activating group) is 1. The van der Waals surface area contributed by atoms with E-state index in [1.807, 2.05) is 42.3 Å². The Kier molecular flexibility index (Phi) is 3.79. The third kappa shape index (κ3) is 2.59. The lowest BCUT2D eigenvalue weighted by Gasteiger charge is -2.29. The Labute approximate surface area is 121 Å². The third-order valence-electron chi connectivity index (χ3n) is 5.19. The van der Waals surface area contributed by atoms with E-state index in [2.05, 4.69) is 0 Å². The summed E-state index contributed by atoms with van der Waals surface area (Å²) < 4.78 is 0. The quantitative estimate of drug-likeness (QED) is 0.915. The average Bonchev–Trinajstić information content (AvgIpc) is 3.09. The minimum atomic E-state index is -0.528. The molecule has 3 heteroatoms. The van der Waals surface area contributed by atoms with Crippen LogP contribution in [0.1, 0.15) is 37.3 Å². The highest BCUT2D eigenvalue weighted by Gasteiger charge is 2.40. The summed E-state index contributed by atoms with van der Waals surface area (Å²) >= 11 is 0. The molecular formula is C17H24N2O. The van der Waals surface area contributed by atoms with Crippen molar-refractivity contribution in [3.05, 3.63) is 35.9 Å². The first-order valence-corrected chi connectivity index (χ1v) is 7.70. The SMILES string of the molecule is CN(CC1CC2CCC1C2)C(=O)C(N)c1ccccc1. The number of nitrogens with two attached hydrogens (primary N) is 1. The van der Waals surface area contributed by atoms with Crippen molar-refractivity contribution < 1.29 is 4.79 Å². The van der Waals surface area contributed by atoms with Gasteiger partial charge in [-0.05, 0) is 42.6 Å². The molecule has 0 aliphatic heterocycles. The van der Waals surface area contributed by atoms with Gasteiger partial charge in [-0.15, -0.1) is 0 Å². The molecule has 2 aliphatic rings. The van der Waals surface area contributed by atoms with Crippen LogP contribution >= 0.6 is 0 Å². The Morgan fingerprint density at radius 3 is 2.65 bits per heavy atom. The van der Waals surface area contributed by atoms with Crippen molar-refractivity contribution in [3.8, 4) is 0 Å². The van der Waals surface area contributed by atoms with Crippen molar-refractivity contribution in [1.29, 1.82) is 0 Å². The molecule has 0 heterocycles. The predicted octanol–water partition coefficient (Wildman–Crippen LogP) is 2.58. The molecule has 108 valence electrons. The van der Waals surface area contributed by atoms with Gasteiger partial charge in [0.05, 0.1) is 0 Å². The van der Waals surface area contributed by atoms with Crippen LogP contribution in [0.15, 0.2) is 30.3 Å². The minimum absolute atomic E-state index is 0.0407. The van der Waals surface area contributed by atoms with Crippen LogP contribution in [0.4, 0.5) is 0 Å². The van der Waals surface area contributed by atoms with Gasteiger partial charge in [0, 0.05) is 13.6 Å². The van der Waals surface area contributed by atoms with E-state index in [1.54, 1.807) is 0 Å². The number of rotatable bonds is 4. The highest BCUT2D eigenvalue weighted by atomic mass is 16.2. The predicted molar refractivity (Wildman–Crippen MR) is 79.9 cm³/mol. The number of hydrogen-bond donors (Lipinski definition) is 1. The molecule has 20 heavy (non-hydrogen) atoms. The number of benzene rings is 1. The third-order valence-corrected chi connectivity index (χ3v) is 5.19. The first-order valence-electron chi connectivity index (χ1n) is 7.70. The summed E-state index contributed by atoms with van der Waals surface area (Å²) in [4.78, 5) is 14.3. The Morgan fingerprint density at radius 1 is 1.30 bits per heavy atom. The molecular weight excluding hydrogens is 248 g/mol. The van der Waals surface area contributed by atoms with Crippen molar-refractivity contribution >= 4 is 5.91 Å². The maximum absolute atomic E-state index is 12.4. The summed E-state index contributed by atoms with van der Waals surface area (Å²) in [7, 11) is 1.90. The van der Waals surface area contributed by atoms with Gasteiger partial charge < -0.3 is 10.6 Å². The molecule has 2 saturated carbocycles.